The first kappa shape index (κ1) is 20.7. The number of ether oxygens (including phenoxy) is 1. The van der Waals surface area contributed by atoms with Crippen molar-refractivity contribution in [1.82, 2.24) is 5.32 Å². The van der Waals surface area contributed by atoms with Crippen LogP contribution in [0, 0.1) is 0 Å². The highest BCUT2D eigenvalue weighted by Gasteiger charge is 2.25. The lowest BCUT2D eigenvalue weighted by atomic mass is 9.99. The Bertz CT molecular complexity index is 705. The number of rotatable bonds is 10. The molecule has 2 aromatic carbocycles. The van der Waals surface area contributed by atoms with Gasteiger partial charge in [0.2, 0.25) is 0 Å². The van der Waals surface area contributed by atoms with Crippen molar-refractivity contribution in [3.05, 3.63) is 48.0 Å². The molecule has 0 aliphatic rings. The van der Waals surface area contributed by atoms with Crippen LogP contribution < -0.4 is 11.1 Å². The van der Waals surface area contributed by atoms with Crippen LogP contribution >= 0.6 is 11.8 Å². The van der Waals surface area contributed by atoms with Gasteiger partial charge < -0.3 is 20.9 Å². The van der Waals surface area contributed by atoms with E-state index in [-0.39, 0.29) is 12.6 Å². The molecule has 2 rings (SSSR count). The van der Waals surface area contributed by atoms with Crippen LogP contribution in [-0.4, -0.2) is 48.4 Å². The van der Waals surface area contributed by atoms with Gasteiger partial charge in [0.1, 0.15) is 6.61 Å². The predicted molar refractivity (Wildman–Crippen MR) is 108 cm³/mol. The van der Waals surface area contributed by atoms with Gasteiger partial charge in [0.25, 0.3) is 0 Å². The van der Waals surface area contributed by atoms with Gasteiger partial charge in [-0.2, -0.15) is 11.8 Å². The number of aliphatic hydroxyl groups is 1. The Morgan fingerprint density at radius 3 is 2.73 bits per heavy atom. The molecule has 26 heavy (non-hydrogen) atoms. The third-order valence-corrected chi connectivity index (χ3v) is 5.32. The Hall–Kier alpha value is -1.60. The van der Waals surface area contributed by atoms with Gasteiger partial charge in [0, 0.05) is 6.04 Å². The summed E-state index contributed by atoms with van der Waals surface area (Å²) in [6, 6.07) is 13.4. The first-order chi connectivity index (χ1) is 12.6. The van der Waals surface area contributed by atoms with Crippen molar-refractivity contribution >= 4 is 28.5 Å². The zero-order valence-electron chi connectivity index (χ0n) is 15.4. The number of carbonyl (C=O) groups excluding carboxylic acids is 1. The number of likely N-dealkylation sites (N-methyl/N-ethyl adjacent to an activating group) is 1. The third-order valence-electron chi connectivity index (χ3n) is 4.39. The van der Waals surface area contributed by atoms with Crippen molar-refractivity contribution in [3.8, 4) is 0 Å². The molecule has 0 aliphatic carbocycles. The Morgan fingerprint density at radius 1 is 1.27 bits per heavy atom. The minimum atomic E-state index is -1.29. The lowest BCUT2D eigenvalue weighted by Gasteiger charge is -2.21. The van der Waals surface area contributed by atoms with Crippen LogP contribution in [0.2, 0.25) is 0 Å². The fraction of sp³-hybridized carbons (Fsp3) is 0.450. The van der Waals surface area contributed by atoms with E-state index in [1.54, 1.807) is 11.8 Å². The number of fused-ring (bicyclic) bond motifs is 1. The molecule has 0 aromatic heterocycles. The zero-order chi connectivity index (χ0) is 18.9. The van der Waals surface area contributed by atoms with Crippen molar-refractivity contribution in [1.29, 1.82) is 0 Å². The van der Waals surface area contributed by atoms with E-state index in [4.69, 9.17) is 10.5 Å². The van der Waals surface area contributed by atoms with Gasteiger partial charge in [0.15, 0.2) is 6.10 Å². The number of carbonyl (C=O) groups is 1. The average Bonchev–Trinajstić information content (AvgIpc) is 2.67. The van der Waals surface area contributed by atoms with Gasteiger partial charge in [-0.15, -0.1) is 0 Å². The van der Waals surface area contributed by atoms with Gasteiger partial charge in [-0.05, 0) is 41.3 Å². The normalized spacial score (nSPS) is 14.8. The molecule has 0 unspecified atom stereocenters. The molecule has 0 heterocycles. The number of hydrogen-bond donors (Lipinski definition) is 3. The quantitative estimate of drug-likeness (QED) is 0.436. The smallest absolute Gasteiger partial charge is 0.336 e. The summed E-state index contributed by atoms with van der Waals surface area (Å²) in [6.07, 6.45) is -0.717. The average molecular weight is 377 g/mol. The maximum atomic E-state index is 12.1. The molecule has 0 aliphatic heterocycles. The van der Waals surface area contributed by atoms with E-state index in [9.17, 15) is 9.90 Å². The van der Waals surface area contributed by atoms with Gasteiger partial charge in [-0.1, -0.05) is 49.4 Å². The SMILES string of the molecule is CCSCC[C@@H](N)[C@H](O)C(=O)OC[C@H](NC)c1cccc2ccccc12. The topological polar surface area (TPSA) is 84.6 Å². The van der Waals surface area contributed by atoms with Gasteiger partial charge in [-0.25, -0.2) is 4.79 Å². The predicted octanol–water partition coefficient (Wildman–Crippen LogP) is 2.47. The molecule has 0 saturated heterocycles. The minimum absolute atomic E-state index is 0.136. The summed E-state index contributed by atoms with van der Waals surface area (Å²) in [4.78, 5) is 12.1. The third kappa shape index (κ3) is 5.45. The second-order valence-electron chi connectivity index (χ2n) is 6.13. The molecule has 0 saturated carbocycles. The van der Waals surface area contributed by atoms with E-state index in [2.05, 4.69) is 24.4 Å². The van der Waals surface area contributed by atoms with E-state index in [1.165, 1.54) is 0 Å². The molecular formula is C20H28N2O3S. The Morgan fingerprint density at radius 2 is 2.00 bits per heavy atom. The van der Waals surface area contributed by atoms with Crippen LogP contribution in [0.1, 0.15) is 24.9 Å². The highest BCUT2D eigenvalue weighted by molar-refractivity contribution is 7.99. The lowest BCUT2D eigenvalue weighted by Crippen LogP contribution is -2.42. The molecule has 3 atom stereocenters. The van der Waals surface area contributed by atoms with E-state index in [1.807, 2.05) is 37.4 Å². The molecule has 0 radical (unpaired) electrons. The first-order valence-electron chi connectivity index (χ1n) is 8.91. The van der Waals surface area contributed by atoms with Gasteiger partial charge >= 0.3 is 5.97 Å². The minimum Gasteiger partial charge on any atom is -0.462 e. The molecule has 6 heteroatoms. The Labute approximate surface area is 159 Å². The summed E-state index contributed by atoms with van der Waals surface area (Å²) in [6.45, 7) is 2.20. The van der Waals surface area contributed by atoms with Crippen LogP contribution in [0.15, 0.2) is 42.5 Å². The summed E-state index contributed by atoms with van der Waals surface area (Å²) < 4.78 is 5.35. The summed E-state index contributed by atoms with van der Waals surface area (Å²) >= 11 is 1.73. The fourth-order valence-corrected chi connectivity index (χ4v) is 3.56. The standard InChI is InChI=1S/C20H28N2O3S/c1-3-26-12-11-17(21)19(23)20(24)25-13-18(22-2)16-10-6-8-14-7-4-5-9-15(14)16/h4-10,17-19,22-23H,3,11-13,21H2,1-2H3/t17-,18+,19+/m1/s1. The van der Waals surface area contributed by atoms with Crippen molar-refractivity contribution in [2.75, 3.05) is 25.2 Å². The van der Waals surface area contributed by atoms with Crippen molar-refractivity contribution in [2.45, 2.75) is 31.5 Å². The second kappa shape index (κ2) is 10.5. The van der Waals surface area contributed by atoms with Gasteiger partial charge in [-0.3, -0.25) is 0 Å². The van der Waals surface area contributed by atoms with E-state index >= 15 is 0 Å². The monoisotopic (exact) mass is 376 g/mol. The van der Waals surface area contributed by atoms with Crippen LogP contribution in [0.4, 0.5) is 0 Å². The summed E-state index contributed by atoms with van der Waals surface area (Å²) in [5, 5.41) is 15.5. The highest BCUT2D eigenvalue weighted by Crippen LogP contribution is 2.24. The Balaban J connectivity index is 1.98. The molecule has 142 valence electrons. The molecule has 0 amide bonds. The maximum Gasteiger partial charge on any atom is 0.336 e. The Kier molecular flexibility index (Phi) is 8.38. The highest BCUT2D eigenvalue weighted by atomic mass is 32.2. The number of hydrogen-bond acceptors (Lipinski definition) is 6. The number of esters is 1. The van der Waals surface area contributed by atoms with Crippen LogP contribution in [0.3, 0.4) is 0 Å². The molecule has 5 nitrogen and oxygen atoms in total. The van der Waals surface area contributed by atoms with Crippen molar-refractivity contribution in [2.24, 2.45) is 5.73 Å². The number of nitrogens with one attached hydrogen (secondary N) is 1. The first-order valence-corrected chi connectivity index (χ1v) is 10.1. The van der Waals surface area contributed by atoms with Gasteiger partial charge in [0.05, 0.1) is 6.04 Å². The molecule has 4 N–H and O–H groups in total. The zero-order valence-corrected chi connectivity index (χ0v) is 16.2. The molecular weight excluding hydrogens is 348 g/mol. The molecule has 2 aromatic rings. The molecule has 0 fully saturated rings. The number of benzene rings is 2. The summed E-state index contributed by atoms with van der Waals surface area (Å²) in [5.74, 6) is 1.14. The van der Waals surface area contributed by atoms with E-state index in [0.29, 0.717) is 6.42 Å². The largest absolute Gasteiger partial charge is 0.462 e. The van der Waals surface area contributed by atoms with Crippen LogP contribution in [0.5, 0.6) is 0 Å². The second-order valence-corrected chi connectivity index (χ2v) is 7.53. The summed E-state index contributed by atoms with van der Waals surface area (Å²) in [5.41, 5.74) is 6.96. The van der Waals surface area contributed by atoms with E-state index < -0.39 is 18.1 Å². The number of thioether (sulfide) groups is 1. The van der Waals surface area contributed by atoms with E-state index in [0.717, 1.165) is 27.8 Å². The van der Waals surface area contributed by atoms with Crippen LogP contribution in [0.25, 0.3) is 10.8 Å². The number of aliphatic hydroxyl groups excluding tert-OH is 1. The maximum absolute atomic E-state index is 12.1. The fourth-order valence-electron chi connectivity index (χ4n) is 2.83. The van der Waals surface area contributed by atoms with Crippen LogP contribution in [-0.2, 0) is 9.53 Å². The van der Waals surface area contributed by atoms with Crippen molar-refractivity contribution in [3.63, 3.8) is 0 Å². The lowest BCUT2D eigenvalue weighted by molar-refractivity contribution is -0.155. The summed E-state index contributed by atoms with van der Waals surface area (Å²) in [7, 11) is 1.82. The molecule has 0 bridgehead atoms. The molecule has 0 spiro atoms. The number of nitrogens with two attached hydrogens (primary N) is 1. The van der Waals surface area contributed by atoms with Crippen molar-refractivity contribution < 1.29 is 14.6 Å².